The van der Waals surface area contributed by atoms with Crippen LogP contribution in [-0.2, 0) is 19.1 Å². The van der Waals surface area contributed by atoms with E-state index in [-0.39, 0.29) is 23.8 Å². The third kappa shape index (κ3) is 23.1. The number of carbonyl (C=O) groups is 2. The highest BCUT2D eigenvalue weighted by Gasteiger charge is 2.23. The molecule has 0 aliphatic heterocycles. The second kappa shape index (κ2) is 28.8. The maximum absolute atomic E-state index is 12.6. The van der Waals surface area contributed by atoms with Gasteiger partial charge in [-0.15, -0.1) is 0 Å². The second-order valence-electron chi connectivity index (χ2n) is 16.4. The van der Waals surface area contributed by atoms with E-state index in [0.29, 0.717) is 13.2 Å². The summed E-state index contributed by atoms with van der Waals surface area (Å²) in [6.45, 7) is 14.3. The minimum atomic E-state index is 0.0100. The third-order valence-corrected chi connectivity index (χ3v) is 10.8. The molecule has 0 radical (unpaired) electrons. The van der Waals surface area contributed by atoms with Crippen molar-refractivity contribution in [3.05, 3.63) is 69.9 Å². The van der Waals surface area contributed by atoms with Gasteiger partial charge in [0.25, 0.3) is 0 Å². The summed E-state index contributed by atoms with van der Waals surface area (Å²) < 4.78 is 11.3. The summed E-state index contributed by atoms with van der Waals surface area (Å²) in [4.78, 5) is 25.1. The zero-order valence-electron chi connectivity index (χ0n) is 34.6. The molecule has 0 fully saturated rings. The lowest BCUT2D eigenvalue weighted by Crippen LogP contribution is -2.20. The number of carbonyl (C=O) groups excluding carboxylic acids is 2. The summed E-state index contributed by atoms with van der Waals surface area (Å²) in [5.74, 6) is 0.122. The number of ether oxygens (including phenoxy) is 2. The molecule has 0 aromatic carbocycles. The second-order valence-corrected chi connectivity index (χ2v) is 16.4. The standard InChI is InChI=1S/C48H78O4/c1-39(2)21-17-23-41(5)25-19-27-43-29-33-45(34-30-43)47(49)51-37-15-13-11-9-7-8-10-12-14-16-38-52-48(50)46-35-31-44(32-36-46)28-20-26-42(6)24-18-22-40(3)4/h21-22,25-26,29,31,45-46H,7-20,23-24,27-28,30,32-38H2,1-6H3/b41-25+,42-26+. The molecule has 0 N–H and O–H groups in total. The van der Waals surface area contributed by atoms with Gasteiger partial charge in [-0.3, -0.25) is 9.59 Å². The van der Waals surface area contributed by atoms with Crippen LogP contribution in [0.3, 0.4) is 0 Å². The quantitative estimate of drug-likeness (QED) is 0.0482. The van der Waals surface area contributed by atoms with Gasteiger partial charge < -0.3 is 9.47 Å². The summed E-state index contributed by atoms with van der Waals surface area (Å²) in [6, 6.07) is 0. The molecular weight excluding hydrogens is 641 g/mol. The Balaban J connectivity index is 1.37. The van der Waals surface area contributed by atoms with Gasteiger partial charge in [-0.1, -0.05) is 121 Å². The maximum atomic E-state index is 12.6. The molecule has 0 spiro atoms. The van der Waals surface area contributed by atoms with Gasteiger partial charge in [0.1, 0.15) is 0 Å². The molecule has 0 aromatic heterocycles. The lowest BCUT2D eigenvalue weighted by Gasteiger charge is -2.20. The van der Waals surface area contributed by atoms with Gasteiger partial charge in [0.2, 0.25) is 0 Å². The van der Waals surface area contributed by atoms with Crippen LogP contribution >= 0.6 is 0 Å². The van der Waals surface area contributed by atoms with Crippen LogP contribution in [0.5, 0.6) is 0 Å². The average Bonchev–Trinajstić information content (AvgIpc) is 3.11. The lowest BCUT2D eigenvalue weighted by atomic mass is 9.87. The first-order chi connectivity index (χ1) is 25.1. The van der Waals surface area contributed by atoms with E-state index in [2.05, 4.69) is 78.0 Å². The maximum Gasteiger partial charge on any atom is 0.309 e. The van der Waals surface area contributed by atoms with Gasteiger partial charge in [-0.05, 0) is 144 Å². The number of hydrogen-bond donors (Lipinski definition) is 0. The topological polar surface area (TPSA) is 52.6 Å². The van der Waals surface area contributed by atoms with E-state index in [1.807, 2.05) is 0 Å². The van der Waals surface area contributed by atoms with Crippen LogP contribution < -0.4 is 0 Å². The largest absolute Gasteiger partial charge is 0.465 e. The highest BCUT2D eigenvalue weighted by molar-refractivity contribution is 5.73. The Bertz CT molecular complexity index is 1110. The first-order valence-electron chi connectivity index (χ1n) is 21.4. The Kier molecular flexibility index (Phi) is 25.2. The SMILES string of the molecule is CC(C)=CCC/C(C)=C/CCC1=CCC(C(=O)OCCCCCCCCCCCCOC(=O)C2CC=C(CC/C=C(\C)CCC=C(C)C)CC2)CC1. The van der Waals surface area contributed by atoms with Gasteiger partial charge in [0.15, 0.2) is 0 Å². The minimum absolute atomic E-state index is 0.0100. The Morgan fingerprint density at radius 3 is 1.23 bits per heavy atom. The van der Waals surface area contributed by atoms with Crippen molar-refractivity contribution in [2.75, 3.05) is 13.2 Å². The lowest BCUT2D eigenvalue weighted by molar-refractivity contribution is -0.149. The van der Waals surface area contributed by atoms with Crippen molar-refractivity contribution in [1.82, 2.24) is 0 Å². The Morgan fingerprint density at radius 2 is 0.904 bits per heavy atom. The fourth-order valence-electron chi connectivity index (χ4n) is 7.25. The van der Waals surface area contributed by atoms with E-state index in [1.54, 1.807) is 0 Å². The van der Waals surface area contributed by atoms with Crippen molar-refractivity contribution in [3.63, 3.8) is 0 Å². The molecule has 2 rings (SSSR count). The van der Waals surface area contributed by atoms with Crippen molar-refractivity contribution in [3.8, 4) is 0 Å². The van der Waals surface area contributed by atoms with E-state index < -0.39 is 0 Å². The van der Waals surface area contributed by atoms with Crippen molar-refractivity contribution in [2.24, 2.45) is 11.8 Å². The van der Waals surface area contributed by atoms with Crippen LogP contribution in [0.15, 0.2) is 69.9 Å². The Hall–Kier alpha value is -2.62. The average molecular weight is 719 g/mol. The normalized spacial score (nSPS) is 18.0. The molecule has 2 atom stereocenters. The van der Waals surface area contributed by atoms with Gasteiger partial charge in [0, 0.05) is 0 Å². The van der Waals surface area contributed by atoms with Gasteiger partial charge >= 0.3 is 11.9 Å². The molecule has 52 heavy (non-hydrogen) atoms. The molecule has 4 heteroatoms. The van der Waals surface area contributed by atoms with Crippen LogP contribution in [0.4, 0.5) is 0 Å². The summed E-state index contributed by atoms with van der Waals surface area (Å²) in [6.07, 6.45) is 40.4. The first-order valence-corrected chi connectivity index (χ1v) is 21.4. The van der Waals surface area contributed by atoms with E-state index in [0.717, 1.165) is 116 Å². The molecular formula is C48H78O4. The van der Waals surface area contributed by atoms with E-state index in [4.69, 9.17) is 9.47 Å². The summed E-state index contributed by atoms with van der Waals surface area (Å²) in [7, 11) is 0. The van der Waals surface area contributed by atoms with Crippen LogP contribution in [0, 0.1) is 11.8 Å². The number of esters is 2. The van der Waals surface area contributed by atoms with E-state index in [9.17, 15) is 9.59 Å². The molecule has 0 amide bonds. The monoisotopic (exact) mass is 719 g/mol. The van der Waals surface area contributed by atoms with Crippen LogP contribution in [-0.4, -0.2) is 25.2 Å². The zero-order chi connectivity index (χ0) is 37.8. The van der Waals surface area contributed by atoms with Crippen molar-refractivity contribution >= 4 is 11.9 Å². The predicted molar refractivity (Wildman–Crippen MR) is 222 cm³/mol. The predicted octanol–water partition coefficient (Wildman–Crippen LogP) is 14.4. The first kappa shape index (κ1) is 45.5. The molecule has 4 nitrogen and oxygen atoms in total. The Labute approximate surface area is 320 Å². The smallest absolute Gasteiger partial charge is 0.309 e. The fourth-order valence-corrected chi connectivity index (χ4v) is 7.25. The fraction of sp³-hybridized carbons (Fsp3) is 0.708. The van der Waals surface area contributed by atoms with Crippen molar-refractivity contribution in [2.45, 2.75) is 196 Å². The van der Waals surface area contributed by atoms with Gasteiger partial charge in [-0.2, -0.15) is 0 Å². The molecule has 2 aliphatic carbocycles. The molecule has 0 bridgehead atoms. The van der Waals surface area contributed by atoms with Crippen molar-refractivity contribution < 1.29 is 19.1 Å². The van der Waals surface area contributed by atoms with Crippen LogP contribution in [0.1, 0.15) is 196 Å². The van der Waals surface area contributed by atoms with E-state index in [1.165, 1.54) is 72.0 Å². The third-order valence-electron chi connectivity index (χ3n) is 10.8. The van der Waals surface area contributed by atoms with Crippen LogP contribution in [0.2, 0.25) is 0 Å². The molecule has 0 saturated carbocycles. The Morgan fingerprint density at radius 1 is 0.538 bits per heavy atom. The highest BCUT2D eigenvalue weighted by atomic mass is 16.5. The minimum Gasteiger partial charge on any atom is -0.465 e. The molecule has 0 aromatic rings. The molecule has 0 saturated heterocycles. The number of rotatable bonds is 27. The summed E-state index contributed by atoms with van der Waals surface area (Å²) in [5.41, 5.74) is 8.78. The number of allylic oxidation sites excluding steroid dienone is 12. The molecule has 0 heterocycles. The van der Waals surface area contributed by atoms with Crippen molar-refractivity contribution in [1.29, 1.82) is 0 Å². The highest BCUT2D eigenvalue weighted by Crippen LogP contribution is 2.29. The van der Waals surface area contributed by atoms with Gasteiger partial charge in [-0.25, -0.2) is 0 Å². The van der Waals surface area contributed by atoms with Gasteiger partial charge in [0.05, 0.1) is 25.0 Å². The molecule has 2 unspecified atom stereocenters. The number of unbranched alkanes of at least 4 members (excludes halogenated alkanes) is 9. The number of hydrogen-bond acceptors (Lipinski definition) is 4. The zero-order valence-corrected chi connectivity index (χ0v) is 34.6. The molecule has 2 aliphatic rings. The molecule has 294 valence electrons. The van der Waals surface area contributed by atoms with Crippen LogP contribution in [0.25, 0.3) is 0 Å². The summed E-state index contributed by atoms with van der Waals surface area (Å²) >= 11 is 0. The van der Waals surface area contributed by atoms with E-state index >= 15 is 0 Å². The summed E-state index contributed by atoms with van der Waals surface area (Å²) in [5, 5.41) is 0.